The summed E-state index contributed by atoms with van der Waals surface area (Å²) in [4.78, 5) is 0. The SMILES string of the molecule is C#CCCCCn1ccc2c1CCCC2O. The van der Waals surface area contributed by atoms with Crippen LogP contribution in [0, 0.1) is 12.3 Å². The third-order valence-electron chi connectivity index (χ3n) is 3.33. The van der Waals surface area contributed by atoms with Gasteiger partial charge in [0.15, 0.2) is 0 Å². The van der Waals surface area contributed by atoms with E-state index in [1.165, 1.54) is 5.69 Å². The van der Waals surface area contributed by atoms with Gasteiger partial charge in [-0.15, -0.1) is 12.3 Å². The second-order valence-corrected chi connectivity index (χ2v) is 4.48. The minimum absolute atomic E-state index is 0.240. The van der Waals surface area contributed by atoms with Gasteiger partial charge >= 0.3 is 0 Å². The number of rotatable bonds is 4. The molecular formula is C14H19NO. The van der Waals surface area contributed by atoms with E-state index in [0.717, 1.165) is 50.6 Å². The first-order valence-corrected chi connectivity index (χ1v) is 6.12. The second-order valence-electron chi connectivity index (χ2n) is 4.48. The van der Waals surface area contributed by atoms with Gasteiger partial charge in [0.05, 0.1) is 6.10 Å². The molecule has 0 saturated heterocycles. The van der Waals surface area contributed by atoms with E-state index in [9.17, 15) is 5.11 Å². The predicted octanol–water partition coefficient (Wildman–Crippen LogP) is 2.66. The van der Waals surface area contributed by atoms with Gasteiger partial charge in [0, 0.05) is 30.4 Å². The van der Waals surface area contributed by atoms with Crippen molar-refractivity contribution in [3.05, 3.63) is 23.5 Å². The van der Waals surface area contributed by atoms with Crippen molar-refractivity contribution in [2.24, 2.45) is 0 Å². The number of hydrogen-bond acceptors (Lipinski definition) is 1. The predicted molar refractivity (Wildman–Crippen MR) is 65.0 cm³/mol. The second kappa shape index (κ2) is 5.23. The fourth-order valence-corrected chi connectivity index (χ4v) is 2.45. The smallest absolute Gasteiger partial charge is 0.0807 e. The molecule has 1 N–H and O–H groups in total. The van der Waals surface area contributed by atoms with Crippen LogP contribution < -0.4 is 0 Å². The first kappa shape index (κ1) is 11.3. The number of aliphatic hydroxyl groups is 1. The number of aliphatic hydroxyl groups excluding tert-OH is 1. The van der Waals surface area contributed by atoms with Crippen LogP contribution in [0.3, 0.4) is 0 Å². The summed E-state index contributed by atoms with van der Waals surface area (Å²) in [6, 6.07) is 2.07. The Morgan fingerprint density at radius 1 is 1.50 bits per heavy atom. The third-order valence-corrected chi connectivity index (χ3v) is 3.33. The molecular weight excluding hydrogens is 198 g/mol. The summed E-state index contributed by atoms with van der Waals surface area (Å²) in [5.74, 6) is 2.67. The van der Waals surface area contributed by atoms with Gasteiger partial charge in [0.1, 0.15) is 0 Å². The van der Waals surface area contributed by atoms with Gasteiger partial charge in [0.25, 0.3) is 0 Å². The van der Waals surface area contributed by atoms with E-state index in [-0.39, 0.29) is 6.10 Å². The lowest BCUT2D eigenvalue weighted by Gasteiger charge is -2.20. The number of aromatic nitrogens is 1. The third kappa shape index (κ3) is 2.31. The highest BCUT2D eigenvalue weighted by Gasteiger charge is 2.20. The van der Waals surface area contributed by atoms with Crippen molar-refractivity contribution >= 4 is 0 Å². The minimum Gasteiger partial charge on any atom is -0.388 e. The Morgan fingerprint density at radius 2 is 2.38 bits per heavy atom. The van der Waals surface area contributed by atoms with E-state index in [0.29, 0.717) is 0 Å². The van der Waals surface area contributed by atoms with E-state index >= 15 is 0 Å². The van der Waals surface area contributed by atoms with Crippen LogP contribution in [0.4, 0.5) is 0 Å². The quantitative estimate of drug-likeness (QED) is 0.608. The maximum absolute atomic E-state index is 9.84. The number of aryl methyl sites for hydroxylation is 1. The Hall–Kier alpha value is -1.20. The largest absolute Gasteiger partial charge is 0.388 e. The van der Waals surface area contributed by atoms with Crippen LogP contribution >= 0.6 is 0 Å². The lowest BCUT2D eigenvalue weighted by atomic mass is 9.95. The van der Waals surface area contributed by atoms with E-state index in [4.69, 9.17) is 6.42 Å². The molecule has 1 unspecified atom stereocenters. The summed E-state index contributed by atoms with van der Waals surface area (Å²) in [6.45, 7) is 1.03. The minimum atomic E-state index is -0.240. The van der Waals surface area contributed by atoms with E-state index in [1.54, 1.807) is 0 Å². The average molecular weight is 217 g/mol. The Bertz CT molecular complexity index is 386. The zero-order valence-corrected chi connectivity index (χ0v) is 9.65. The van der Waals surface area contributed by atoms with Crippen molar-refractivity contribution in [3.8, 4) is 12.3 Å². The van der Waals surface area contributed by atoms with Gasteiger partial charge in [-0.3, -0.25) is 0 Å². The highest BCUT2D eigenvalue weighted by atomic mass is 16.3. The number of hydrogen-bond donors (Lipinski definition) is 1. The molecule has 1 aliphatic carbocycles. The summed E-state index contributed by atoms with van der Waals surface area (Å²) >= 11 is 0. The van der Waals surface area contributed by atoms with Crippen LogP contribution in [-0.2, 0) is 13.0 Å². The zero-order valence-electron chi connectivity index (χ0n) is 9.65. The molecule has 2 heteroatoms. The molecule has 0 radical (unpaired) electrons. The van der Waals surface area contributed by atoms with Crippen molar-refractivity contribution in [2.75, 3.05) is 0 Å². The average Bonchev–Trinajstić information content (AvgIpc) is 2.70. The Kier molecular flexibility index (Phi) is 3.69. The van der Waals surface area contributed by atoms with Crippen LogP contribution in [0.2, 0.25) is 0 Å². The van der Waals surface area contributed by atoms with Crippen molar-refractivity contribution in [1.82, 2.24) is 4.57 Å². The van der Waals surface area contributed by atoms with Crippen LogP contribution in [0.1, 0.15) is 49.5 Å². The molecule has 0 aromatic carbocycles. The molecule has 1 aliphatic rings. The summed E-state index contributed by atoms with van der Waals surface area (Å²) in [6.07, 6.45) is 13.3. The van der Waals surface area contributed by atoms with Crippen LogP contribution in [0.25, 0.3) is 0 Å². The molecule has 2 rings (SSSR count). The molecule has 0 bridgehead atoms. The molecule has 16 heavy (non-hydrogen) atoms. The Morgan fingerprint density at radius 3 is 3.19 bits per heavy atom. The normalized spacial score (nSPS) is 19.1. The highest BCUT2D eigenvalue weighted by molar-refractivity contribution is 5.27. The van der Waals surface area contributed by atoms with Gasteiger partial charge < -0.3 is 9.67 Å². The fraction of sp³-hybridized carbons (Fsp3) is 0.571. The van der Waals surface area contributed by atoms with E-state index < -0.39 is 0 Å². The Balaban J connectivity index is 1.98. The number of unbranched alkanes of at least 4 members (excludes halogenated alkanes) is 2. The van der Waals surface area contributed by atoms with Gasteiger partial charge in [-0.25, -0.2) is 0 Å². The molecule has 0 amide bonds. The van der Waals surface area contributed by atoms with Gasteiger partial charge in [-0.2, -0.15) is 0 Å². The number of fused-ring (bicyclic) bond motifs is 1. The number of terminal acetylenes is 1. The van der Waals surface area contributed by atoms with E-state index in [1.807, 2.05) is 0 Å². The van der Waals surface area contributed by atoms with Crippen molar-refractivity contribution < 1.29 is 5.11 Å². The molecule has 0 saturated carbocycles. The molecule has 1 aromatic rings. The molecule has 0 aliphatic heterocycles. The van der Waals surface area contributed by atoms with Crippen LogP contribution in [-0.4, -0.2) is 9.67 Å². The van der Waals surface area contributed by atoms with Crippen molar-refractivity contribution in [3.63, 3.8) is 0 Å². The monoisotopic (exact) mass is 217 g/mol. The van der Waals surface area contributed by atoms with E-state index in [2.05, 4.69) is 22.8 Å². The summed E-state index contributed by atoms with van der Waals surface area (Å²) < 4.78 is 2.29. The first-order chi connectivity index (χ1) is 7.83. The summed E-state index contributed by atoms with van der Waals surface area (Å²) in [7, 11) is 0. The molecule has 2 nitrogen and oxygen atoms in total. The topological polar surface area (TPSA) is 25.2 Å². The first-order valence-electron chi connectivity index (χ1n) is 6.12. The van der Waals surface area contributed by atoms with Crippen LogP contribution in [0.15, 0.2) is 12.3 Å². The standard InChI is InChI=1S/C14H19NO/c1-2-3-4-5-10-15-11-9-12-13(15)7-6-8-14(12)16/h1,9,11,14,16H,3-8,10H2. The van der Waals surface area contributed by atoms with Crippen LogP contribution in [0.5, 0.6) is 0 Å². The fourth-order valence-electron chi connectivity index (χ4n) is 2.45. The van der Waals surface area contributed by atoms with Crippen molar-refractivity contribution in [2.45, 2.75) is 51.2 Å². The lowest BCUT2D eigenvalue weighted by molar-refractivity contribution is 0.155. The van der Waals surface area contributed by atoms with Gasteiger partial charge in [-0.05, 0) is 38.2 Å². The molecule has 1 atom stereocenters. The lowest BCUT2D eigenvalue weighted by Crippen LogP contribution is -2.11. The maximum atomic E-state index is 9.84. The Labute approximate surface area is 97.3 Å². The van der Waals surface area contributed by atoms with Crippen molar-refractivity contribution in [1.29, 1.82) is 0 Å². The summed E-state index contributed by atoms with van der Waals surface area (Å²) in [5, 5.41) is 9.84. The molecule has 0 fully saturated rings. The molecule has 1 aromatic heterocycles. The highest BCUT2D eigenvalue weighted by Crippen LogP contribution is 2.30. The maximum Gasteiger partial charge on any atom is 0.0807 e. The zero-order chi connectivity index (χ0) is 11.4. The summed E-state index contributed by atoms with van der Waals surface area (Å²) in [5.41, 5.74) is 2.47. The van der Waals surface area contributed by atoms with Gasteiger partial charge in [-0.1, -0.05) is 0 Å². The molecule has 0 spiro atoms. The molecule has 86 valence electrons. The number of nitrogens with zero attached hydrogens (tertiary/aromatic N) is 1. The molecule has 1 heterocycles. The van der Waals surface area contributed by atoms with Gasteiger partial charge in [0.2, 0.25) is 0 Å².